The second kappa shape index (κ2) is 20.8. The summed E-state index contributed by atoms with van der Waals surface area (Å²) in [6.07, 6.45) is 3.25. The number of nitrogens with two attached hydrogens (primary N) is 2. The number of aliphatic carboxylic acids is 1. The fourth-order valence-corrected chi connectivity index (χ4v) is 10.4. The van der Waals surface area contributed by atoms with Gasteiger partial charge >= 0.3 is 5.97 Å². The van der Waals surface area contributed by atoms with Crippen molar-refractivity contribution in [2.24, 2.45) is 10.8 Å². The number of ether oxygens (including phenoxy) is 4. The number of hydrogen-bond donors (Lipinski definition) is 5. The second-order valence-corrected chi connectivity index (χ2v) is 18.9. The Labute approximate surface area is 418 Å². The van der Waals surface area contributed by atoms with Gasteiger partial charge in [-0.1, -0.05) is 84.9 Å². The molecular weight excluding hydrogens is 915 g/mol. The summed E-state index contributed by atoms with van der Waals surface area (Å²) < 4.78 is 21.6. The number of nitrogens with one attached hydrogen (secondary N) is 1. The number of nitrogen functional groups attached to an aromatic ring is 2. The number of carboxylic acids is 1. The van der Waals surface area contributed by atoms with Crippen LogP contribution in [0, 0.1) is 10.8 Å². The van der Waals surface area contributed by atoms with Gasteiger partial charge in [0.2, 0.25) is 17.8 Å². The van der Waals surface area contributed by atoms with Crippen LogP contribution in [0.4, 0.5) is 23.5 Å². The number of fused-ring (bicyclic) bond motifs is 3. The van der Waals surface area contributed by atoms with Gasteiger partial charge in [0.05, 0.1) is 62.4 Å². The standard InChI is InChI=1S/C32H35N5O4.C23H26N4O4/c1-40-26-17-23-24(18-27(26)41-2)35-31(36-29(23)33)37-14-12-32(13-15-37,19-20-8-4-3-5-9-20)30(39)34-25-16-21-10-6-7-11-22(21)28(25)38;1-30-18-12-16-17(13-19(18)31-2)25-22(26-20(16)24)27-10-8-23(9-11-27,21(28)29)14-15-6-4-3-5-7-15/h3-11,17-18,25,28,38H,12-16,19H2,1-2H3,(H,34,39)(H2,33,35,36);3-7,12-13H,8-11,14H2,1-2H3,(H,28,29)(H2,24,25,26). The van der Waals surface area contributed by atoms with E-state index in [9.17, 15) is 19.8 Å². The fourth-order valence-electron chi connectivity index (χ4n) is 10.4. The van der Waals surface area contributed by atoms with Crippen LogP contribution in [0.15, 0.2) is 109 Å². The molecule has 374 valence electrons. The highest BCUT2D eigenvalue weighted by molar-refractivity contribution is 5.93. The summed E-state index contributed by atoms with van der Waals surface area (Å²) in [5.41, 5.74) is 16.6. The maximum atomic E-state index is 14.1. The summed E-state index contributed by atoms with van der Waals surface area (Å²) >= 11 is 0. The van der Waals surface area contributed by atoms with E-state index in [-0.39, 0.29) is 11.9 Å². The first-order valence-electron chi connectivity index (χ1n) is 24.1. The predicted octanol–water partition coefficient (Wildman–Crippen LogP) is 6.98. The molecule has 17 heteroatoms. The molecule has 17 nitrogen and oxygen atoms in total. The van der Waals surface area contributed by atoms with Gasteiger partial charge in [0.25, 0.3) is 0 Å². The maximum Gasteiger partial charge on any atom is 0.310 e. The highest BCUT2D eigenvalue weighted by Crippen LogP contribution is 2.42. The molecule has 3 aliphatic rings. The molecule has 0 saturated carbocycles. The lowest BCUT2D eigenvalue weighted by Crippen LogP contribution is -2.53. The molecule has 2 unspecified atom stereocenters. The number of anilines is 4. The van der Waals surface area contributed by atoms with Gasteiger partial charge in [-0.2, -0.15) is 9.97 Å². The number of aliphatic hydroxyl groups is 1. The van der Waals surface area contributed by atoms with Gasteiger partial charge in [0, 0.05) is 49.1 Å². The number of carbonyl (C=O) groups excluding carboxylic acids is 1. The molecule has 10 rings (SSSR count). The van der Waals surface area contributed by atoms with E-state index >= 15 is 0 Å². The Morgan fingerprint density at radius 3 is 1.47 bits per heavy atom. The van der Waals surface area contributed by atoms with Gasteiger partial charge in [-0.05, 0) is 79.3 Å². The third-order valence-electron chi connectivity index (χ3n) is 14.7. The molecule has 1 amide bonds. The minimum absolute atomic E-state index is 0.0198. The molecule has 0 radical (unpaired) electrons. The summed E-state index contributed by atoms with van der Waals surface area (Å²) in [5, 5.41) is 25.6. The predicted molar refractivity (Wildman–Crippen MR) is 277 cm³/mol. The molecule has 7 N–H and O–H groups in total. The van der Waals surface area contributed by atoms with Crippen molar-refractivity contribution in [1.29, 1.82) is 0 Å². The van der Waals surface area contributed by atoms with Crippen molar-refractivity contribution in [3.63, 3.8) is 0 Å². The number of nitrogens with zero attached hydrogens (tertiary/aromatic N) is 6. The van der Waals surface area contributed by atoms with Crippen molar-refractivity contribution < 1.29 is 38.7 Å². The average molecular weight is 976 g/mol. The maximum absolute atomic E-state index is 14.1. The van der Waals surface area contributed by atoms with Crippen LogP contribution in [0.5, 0.6) is 23.0 Å². The van der Waals surface area contributed by atoms with Crippen LogP contribution in [0.3, 0.4) is 0 Å². The van der Waals surface area contributed by atoms with E-state index < -0.39 is 22.9 Å². The van der Waals surface area contributed by atoms with Crippen LogP contribution < -0.4 is 45.5 Å². The number of aromatic nitrogens is 4. The number of hydrogen-bond acceptors (Lipinski definition) is 15. The smallest absolute Gasteiger partial charge is 0.310 e. The largest absolute Gasteiger partial charge is 0.493 e. The number of carboxylic acid groups (broad SMARTS) is 1. The number of carbonyl (C=O) groups is 2. The van der Waals surface area contributed by atoms with Crippen LogP contribution in [0.1, 0.15) is 54.0 Å². The highest BCUT2D eigenvalue weighted by Gasteiger charge is 2.45. The Balaban J connectivity index is 0.000000185. The summed E-state index contributed by atoms with van der Waals surface area (Å²) in [4.78, 5) is 48.9. The van der Waals surface area contributed by atoms with Crippen LogP contribution in [0.25, 0.3) is 21.8 Å². The fraction of sp³-hybridized carbons (Fsp3) is 0.345. The van der Waals surface area contributed by atoms with Crippen molar-refractivity contribution in [1.82, 2.24) is 25.3 Å². The minimum atomic E-state index is -0.795. The average Bonchev–Trinajstić information content (AvgIpc) is 3.72. The first kappa shape index (κ1) is 49.1. The lowest BCUT2D eigenvalue weighted by Gasteiger charge is -2.41. The van der Waals surface area contributed by atoms with Gasteiger partial charge < -0.3 is 55.7 Å². The molecule has 0 spiro atoms. The quantitative estimate of drug-likeness (QED) is 0.0784. The zero-order chi connectivity index (χ0) is 50.6. The summed E-state index contributed by atoms with van der Waals surface area (Å²) in [6, 6.07) is 34.5. The molecule has 7 aromatic rings. The van der Waals surface area contributed by atoms with E-state index in [2.05, 4.69) is 37.3 Å². The number of piperidine rings is 2. The third kappa shape index (κ3) is 9.88. The van der Waals surface area contributed by atoms with Crippen molar-refractivity contribution in [2.45, 2.75) is 57.1 Å². The van der Waals surface area contributed by atoms with Crippen LogP contribution >= 0.6 is 0 Å². The molecule has 2 aliphatic heterocycles. The zero-order valence-electron chi connectivity index (χ0n) is 41.0. The number of amides is 1. The Hall–Kier alpha value is -7.92. The van der Waals surface area contributed by atoms with E-state index in [1.165, 1.54) is 0 Å². The first-order valence-corrected chi connectivity index (χ1v) is 24.1. The molecule has 0 bridgehead atoms. The van der Waals surface area contributed by atoms with Gasteiger partial charge in [0.1, 0.15) is 11.6 Å². The van der Waals surface area contributed by atoms with E-state index in [1.807, 2.05) is 77.7 Å². The normalized spacial score (nSPS) is 17.8. The van der Waals surface area contributed by atoms with Crippen molar-refractivity contribution >= 4 is 57.2 Å². The van der Waals surface area contributed by atoms with Gasteiger partial charge in [-0.3, -0.25) is 9.59 Å². The van der Waals surface area contributed by atoms with Gasteiger partial charge in [-0.25, -0.2) is 9.97 Å². The Morgan fingerprint density at radius 1 is 0.611 bits per heavy atom. The number of rotatable bonds is 13. The molecule has 5 aromatic carbocycles. The van der Waals surface area contributed by atoms with Crippen molar-refractivity contribution in [2.75, 3.05) is 75.9 Å². The molecule has 2 aromatic heterocycles. The van der Waals surface area contributed by atoms with Crippen LogP contribution in [-0.2, 0) is 28.9 Å². The number of benzene rings is 5. The van der Waals surface area contributed by atoms with Gasteiger partial charge in [0.15, 0.2) is 23.0 Å². The minimum Gasteiger partial charge on any atom is -0.493 e. The summed E-state index contributed by atoms with van der Waals surface area (Å²) in [7, 11) is 6.29. The van der Waals surface area contributed by atoms with Crippen LogP contribution in [0.2, 0.25) is 0 Å². The van der Waals surface area contributed by atoms with E-state index in [0.29, 0.717) is 139 Å². The topological polar surface area (TPSA) is 234 Å². The molecule has 4 heterocycles. The first-order chi connectivity index (χ1) is 34.9. The molecule has 1 aliphatic carbocycles. The van der Waals surface area contributed by atoms with E-state index in [4.69, 9.17) is 35.4 Å². The zero-order valence-corrected chi connectivity index (χ0v) is 41.0. The molecule has 72 heavy (non-hydrogen) atoms. The molecular formula is C55H61N9O8. The summed E-state index contributed by atoms with van der Waals surface area (Å²) in [6.45, 7) is 2.26. The molecule has 2 fully saturated rings. The van der Waals surface area contributed by atoms with Gasteiger partial charge in [-0.15, -0.1) is 0 Å². The summed E-state index contributed by atoms with van der Waals surface area (Å²) in [5.74, 6) is 3.20. The van der Waals surface area contributed by atoms with E-state index in [0.717, 1.165) is 22.3 Å². The molecule has 2 atom stereocenters. The Kier molecular flexibility index (Phi) is 14.2. The number of methoxy groups -OCH3 is 4. The lowest BCUT2D eigenvalue weighted by atomic mass is 9.72. The Bertz CT molecular complexity index is 3070. The van der Waals surface area contributed by atoms with E-state index in [1.54, 1.807) is 52.7 Å². The monoisotopic (exact) mass is 975 g/mol. The van der Waals surface area contributed by atoms with Crippen molar-refractivity contribution in [3.8, 4) is 23.0 Å². The second-order valence-electron chi connectivity index (χ2n) is 18.9. The highest BCUT2D eigenvalue weighted by atomic mass is 16.5. The SMILES string of the molecule is COc1cc2nc(N3CCC(Cc4ccccc4)(C(=O)NC4Cc5ccccc5C4O)CC3)nc(N)c2cc1OC.COc1cc2nc(N3CCC(Cc4ccccc4)(C(=O)O)CC3)nc(N)c2cc1OC. The van der Waals surface area contributed by atoms with Crippen molar-refractivity contribution in [3.05, 3.63) is 131 Å². The van der Waals surface area contributed by atoms with Crippen LogP contribution in [-0.4, -0.2) is 103 Å². The third-order valence-corrected chi connectivity index (χ3v) is 14.7. The molecule has 2 saturated heterocycles. The Morgan fingerprint density at radius 2 is 1.03 bits per heavy atom. The number of aliphatic hydroxyl groups excluding tert-OH is 1. The lowest BCUT2D eigenvalue weighted by molar-refractivity contribution is -0.150.